The molecule has 4 rings (SSSR count). The van der Waals surface area contributed by atoms with E-state index in [2.05, 4.69) is 10.6 Å². The summed E-state index contributed by atoms with van der Waals surface area (Å²) in [6, 6.07) is 15.4. The molecule has 2 fully saturated rings. The summed E-state index contributed by atoms with van der Waals surface area (Å²) in [7, 11) is 0. The maximum atomic E-state index is 13.1. The summed E-state index contributed by atoms with van der Waals surface area (Å²) < 4.78 is 10.8. The fourth-order valence-electron chi connectivity index (χ4n) is 4.42. The van der Waals surface area contributed by atoms with Gasteiger partial charge in [0.2, 0.25) is 17.7 Å². The summed E-state index contributed by atoms with van der Waals surface area (Å²) in [4.78, 5) is 55.5. The van der Waals surface area contributed by atoms with Crippen molar-refractivity contribution < 1.29 is 28.7 Å². The molecule has 0 unspecified atom stereocenters. The van der Waals surface area contributed by atoms with Crippen LogP contribution in [0.5, 0.6) is 11.5 Å². The largest absolute Gasteiger partial charge is 0.457 e. The van der Waals surface area contributed by atoms with Crippen LogP contribution in [-0.4, -0.2) is 97.0 Å². The zero-order valence-electron chi connectivity index (χ0n) is 21.4. The van der Waals surface area contributed by atoms with E-state index in [4.69, 9.17) is 9.47 Å². The van der Waals surface area contributed by atoms with E-state index < -0.39 is 6.04 Å². The molecule has 2 aromatic carbocycles. The number of nitrogens with zero attached hydrogens (tertiary/aromatic N) is 3. The van der Waals surface area contributed by atoms with Crippen molar-refractivity contribution in [3.63, 3.8) is 0 Å². The summed E-state index contributed by atoms with van der Waals surface area (Å²) in [5, 5.41) is 5.54. The van der Waals surface area contributed by atoms with Crippen LogP contribution in [0, 0.1) is 0 Å². The number of ether oxygens (including phenoxy) is 2. The standard InChI is InChI=1S/C27H33N5O6/c1-2-37-27(36)31-16-14-30(15-17-31)19-25(34)32-13-12-28-26(35)23(32)18-24(33)29-20-8-10-22(11-9-20)38-21-6-4-3-5-7-21/h3-11,23H,2,12-19H2,1H3,(H,28,35)(H,29,33)/t23-/m0/s1. The van der Waals surface area contributed by atoms with Gasteiger partial charge in [-0.1, -0.05) is 18.2 Å². The van der Waals surface area contributed by atoms with Gasteiger partial charge in [0, 0.05) is 45.0 Å². The van der Waals surface area contributed by atoms with E-state index in [-0.39, 0.29) is 36.8 Å². The van der Waals surface area contributed by atoms with Crippen molar-refractivity contribution in [1.82, 2.24) is 20.0 Å². The third kappa shape index (κ3) is 7.22. The number of hydrogen-bond acceptors (Lipinski definition) is 7. The van der Waals surface area contributed by atoms with Gasteiger partial charge in [0.05, 0.1) is 19.6 Å². The van der Waals surface area contributed by atoms with E-state index in [0.717, 1.165) is 0 Å². The van der Waals surface area contributed by atoms with E-state index >= 15 is 0 Å². The monoisotopic (exact) mass is 523 g/mol. The fraction of sp³-hybridized carbons (Fsp3) is 0.407. The summed E-state index contributed by atoms with van der Waals surface area (Å²) in [6.45, 7) is 4.85. The van der Waals surface area contributed by atoms with Crippen LogP contribution in [0.15, 0.2) is 54.6 Å². The van der Waals surface area contributed by atoms with Crippen LogP contribution in [0.25, 0.3) is 0 Å². The van der Waals surface area contributed by atoms with Gasteiger partial charge in [0.1, 0.15) is 17.5 Å². The van der Waals surface area contributed by atoms with Gasteiger partial charge in [-0.2, -0.15) is 0 Å². The average molecular weight is 524 g/mol. The van der Waals surface area contributed by atoms with E-state index in [0.29, 0.717) is 63.1 Å². The Labute approximate surface area is 221 Å². The summed E-state index contributed by atoms with van der Waals surface area (Å²) in [6.07, 6.45) is -0.508. The van der Waals surface area contributed by atoms with Crippen molar-refractivity contribution in [2.75, 3.05) is 57.7 Å². The van der Waals surface area contributed by atoms with Gasteiger partial charge < -0.3 is 29.9 Å². The van der Waals surface area contributed by atoms with Crippen molar-refractivity contribution >= 4 is 29.5 Å². The number of anilines is 1. The highest BCUT2D eigenvalue weighted by molar-refractivity contribution is 5.97. The highest BCUT2D eigenvalue weighted by atomic mass is 16.6. The molecule has 38 heavy (non-hydrogen) atoms. The van der Waals surface area contributed by atoms with Crippen LogP contribution < -0.4 is 15.4 Å². The lowest BCUT2D eigenvalue weighted by Gasteiger charge is -2.38. The van der Waals surface area contributed by atoms with Crippen LogP contribution in [0.1, 0.15) is 13.3 Å². The molecule has 4 amide bonds. The van der Waals surface area contributed by atoms with Crippen molar-refractivity contribution in [2.45, 2.75) is 19.4 Å². The number of carbonyl (C=O) groups is 4. The minimum atomic E-state index is -0.891. The maximum absolute atomic E-state index is 13.1. The Morgan fingerprint density at radius 2 is 1.63 bits per heavy atom. The normalized spacial score (nSPS) is 17.9. The second kappa shape index (κ2) is 12.9. The summed E-state index contributed by atoms with van der Waals surface area (Å²) in [5.41, 5.74) is 0.559. The molecule has 2 aliphatic rings. The highest BCUT2D eigenvalue weighted by Gasteiger charge is 2.35. The Balaban J connectivity index is 1.29. The molecular formula is C27H33N5O6. The molecule has 0 saturated carbocycles. The molecule has 11 nitrogen and oxygen atoms in total. The maximum Gasteiger partial charge on any atom is 0.409 e. The van der Waals surface area contributed by atoms with Crippen molar-refractivity contribution in [2.24, 2.45) is 0 Å². The van der Waals surface area contributed by atoms with Crippen molar-refractivity contribution in [1.29, 1.82) is 0 Å². The smallest absolute Gasteiger partial charge is 0.409 e. The summed E-state index contributed by atoms with van der Waals surface area (Å²) >= 11 is 0. The fourth-order valence-corrected chi connectivity index (χ4v) is 4.42. The third-order valence-corrected chi connectivity index (χ3v) is 6.40. The molecule has 2 N–H and O–H groups in total. The number of nitrogens with one attached hydrogen (secondary N) is 2. The first kappa shape index (κ1) is 26.9. The Kier molecular flexibility index (Phi) is 9.15. The lowest BCUT2D eigenvalue weighted by Crippen LogP contribution is -2.60. The van der Waals surface area contributed by atoms with E-state index in [1.54, 1.807) is 36.1 Å². The minimum absolute atomic E-state index is 0.116. The number of carbonyl (C=O) groups excluding carboxylic acids is 4. The van der Waals surface area contributed by atoms with Crippen LogP contribution in [0.3, 0.4) is 0 Å². The zero-order chi connectivity index (χ0) is 26.9. The molecule has 202 valence electrons. The van der Waals surface area contributed by atoms with Crippen molar-refractivity contribution in [3.8, 4) is 11.5 Å². The van der Waals surface area contributed by atoms with Gasteiger partial charge in [0.15, 0.2) is 0 Å². The predicted molar refractivity (Wildman–Crippen MR) is 140 cm³/mol. The molecule has 0 radical (unpaired) electrons. The SMILES string of the molecule is CCOC(=O)N1CCN(CC(=O)N2CCNC(=O)[C@@H]2CC(=O)Nc2ccc(Oc3ccccc3)cc2)CC1. The molecule has 0 aromatic heterocycles. The number of rotatable bonds is 8. The molecule has 0 aliphatic carbocycles. The first-order chi connectivity index (χ1) is 18.4. The Hall–Kier alpha value is -4.12. The van der Waals surface area contributed by atoms with E-state index in [9.17, 15) is 19.2 Å². The third-order valence-electron chi connectivity index (χ3n) is 6.40. The molecular weight excluding hydrogens is 490 g/mol. The van der Waals surface area contributed by atoms with Crippen LogP contribution in [0.4, 0.5) is 10.5 Å². The average Bonchev–Trinajstić information content (AvgIpc) is 2.92. The quantitative estimate of drug-likeness (QED) is 0.542. The van der Waals surface area contributed by atoms with Gasteiger partial charge >= 0.3 is 6.09 Å². The molecule has 2 aliphatic heterocycles. The lowest BCUT2D eigenvalue weighted by atomic mass is 10.1. The van der Waals surface area contributed by atoms with Gasteiger partial charge in [-0.25, -0.2) is 4.79 Å². The predicted octanol–water partition coefficient (Wildman–Crippen LogP) is 1.91. The molecule has 11 heteroatoms. The topological polar surface area (TPSA) is 121 Å². The highest BCUT2D eigenvalue weighted by Crippen LogP contribution is 2.23. The Bertz CT molecular complexity index is 1120. The van der Waals surface area contributed by atoms with Gasteiger partial charge in [-0.15, -0.1) is 0 Å². The second-order valence-corrected chi connectivity index (χ2v) is 9.05. The minimum Gasteiger partial charge on any atom is -0.457 e. The summed E-state index contributed by atoms with van der Waals surface area (Å²) in [5.74, 6) is 0.395. The van der Waals surface area contributed by atoms with Gasteiger partial charge in [-0.3, -0.25) is 19.3 Å². The Morgan fingerprint density at radius 3 is 2.32 bits per heavy atom. The molecule has 2 heterocycles. The van der Waals surface area contributed by atoms with Crippen LogP contribution in [-0.2, 0) is 19.1 Å². The van der Waals surface area contributed by atoms with Gasteiger partial charge in [-0.05, 0) is 43.3 Å². The Morgan fingerprint density at radius 1 is 0.947 bits per heavy atom. The molecule has 2 aromatic rings. The molecule has 1 atom stereocenters. The number of piperazine rings is 2. The lowest BCUT2D eigenvalue weighted by molar-refractivity contribution is -0.145. The van der Waals surface area contributed by atoms with E-state index in [1.807, 2.05) is 35.2 Å². The van der Waals surface area contributed by atoms with Crippen molar-refractivity contribution in [3.05, 3.63) is 54.6 Å². The first-order valence-corrected chi connectivity index (χ1v) is 12.8. The zero-order valence-corrected chi connectivity index (χ0v) is 21.4. The number of hydrogen-bond donors (Lipinski definition) is 2. The number of amides is 4. The van der Waals surface area contributed by atoms with Gasteiger partial charge in [0.25, 0.3) is 0 Å². The molecule has 0 spiro atoms. The molecule has 0 bridgehead atoms. The second-order valence-electron chi connectivity index (χ2n) is 9.05. The number of benzene rings is 2. The molecule has 2 saturated heterocycles. The number of para-hydroxylation sites is 1. The van der Waals surface area contributed by atoms with Crippen LogP contribution in [0.2, 0.25) is 0 Å². The first-order valence-electron chi connectivity index (χ1n) is 12.8. The van der Waals surface area contributed by atoms with Crippen LogP contribution >= 0.6 is 0 Å². The van der Waals surface area contributed by atoms with E-state index in [1.165, 1.54) is 4.90 Å².